The highest BCUT2D eigenvalue weighted by Crippen LogP contribution is 2.41. The van der Waals surface area contributed by atoms with Crippen molar-refractivity contribution in [3.05, 3.63) is 58.3 Å². The molecule has 3 aromatic heterocycles. The number of rotatable bonds is 5. The van der Waals surface area contributed by atoms with Gasteiger partial charge in [0.25, 0.3) is 0 Å². The Bertz CT molecular complexity index is 1710. The van der Waals surface area contributed by atoms with E-state index in [9.17, 15) is 14.4 Å². The van der Waals surface area contributed by atoms with Crippen LogP contribution in [0.25, 0.3) is 22.3 Å². The van der Waals surface area contributed by atoms with Crippen LogP contribution in [0.4, 0.5) is 21.0 Å². The Morgan fingerprint density at radius 3 is 2.62 bits per heavy atom. The van der Waals surface area contributed by atoms with Gasteiger partial charge in [0.2, 0.25) is 5.91 Å². The van der Waals surface area contributed by atoms with Crippen LogP contribution in [0.15, 0.2) is 36.4 Å². The number of anilines is 3. The number of halogens is 1. The molecule has 3 aliphatic rings. The summed E-state index contributed by atoms with van der Waals surface area (Å²) in [5, 5.41) is 10.5. The molecule has 0 radical (unpaired) electrons. The number of aromatic nitrogens is 3. The molecule has 4 aromatic rings. The van der Waals surface area contributed by atoms with Gasteiger partial charge in [-0.05, 0) is 42.8 Å². The van der Waals surface area contributed by atoms with Crippen LogP contribution < -0.4 is 9.80 Å². The minimum absolute atomic E-state index is 0.0280. The van der Waals surface area contributed by atoms with E-state index < -0.39 is 0 Å². The number of nitrogens with zero attached hydrogens (tertiary/aromatic N) is 7. The average molecular weight is 586 g/mol. The van der Waals surface area contributed by atoms with Crippen LogP contribution in [0.2, 0.25) is 0 Å². The lowest BCUT2D eigenvalue weighted by Gasteiger charge is -2.36. The summed E-state index contributed by atoms with van der Waals surface area (Å²) in [6.07, 6.45) is 0.795. The maximum atomic E-state index is 13.6. The van der Waals surface area contributed by atoms with Crippen molar-refractivity contribution in [2.45, 2.75) is 19.6 Å². The van der Waals surface area contributed by atoms with Gasteiger partial charge in [-0.2, -0.15) is 5.26 Å². The molecular weight excluding hydrogens is 557 g/mol. The largest absolute Gasteiger partial charge is 0.381 e. The fourth-order valence-corrected chi connectivity index (χ4v) is 6.68. The number of fused-ring (bicyclic) bond motifs is 2. The van der Waals surface area contributed by atoms with Crippen molar-refractivity contribution >= 4 is 44.9 Å². The van der Waals surface area contributed by atoms with Gasteiger partial charge in [0.05, 0.1) is 42.6 Å². The monoisotopic (exact) mass is 585 g/mol. The molecule has 0 unspecified atom stereocenters. The summed E-state index contributed by atoms with van der Waals surface area (Å²) in [5.74, 6) is 0.627. The zero-order valence-electron chi connectivity index (χ0n) is 23.0. The molecule has 0 saturated carbocycles. The van der Waals surface area contributed by atoms with Gasteiger partial charge in [0.15, 0.2) is 5.13 Å². The molecule has 0 N–H and O–H groups in total. The van der Waals surface area contributed by atoms with Gasteiger partial charge in [-0.3, -0.25) is 4.79 Å². The number of hydrogen-bond donors (Lipinski definition) is 0. The Kier molecular flexibility index (Phi) is 6.93. The second kappa shape index (κ2) is 10.9. The highest BCUT2D eigenvalue weighted by atomic mass is 32.1. The Morgan fingerprint density at radius 2 is 1.88 bits per heavy atom. The number of hydrogen-bond acceptors (Lipinski definition) is 10. The van der Waals surface area contributed by atoms with Crippen LogP contribution in [0.1, 0.15) is 22.6 Å². The molecule has 1 amide bonds. The molecule has 0 bridgehead atoms. The van der Waals surface area contributed by atoms with Gasteiger partial charge in [0, 0.05) is 51.0 Å². The van der Waals surface area contributed by atoms with Crippen molar-refractivity contribution in [1.82, 2.24) is 19.9 Å². The Balaban J connectivity index is 1.22. The molecule has 6 heterocycles. The van der Waals surface area contributed by atoms with Gasteiger partial charge in [0.1, 0.15) is 33.8 Å². The molecular formula is C30H28FN7O3S. The van der Waals surface area contributed by atoms with Crippen LogP contribution in [0, 0.1) is 23.1 Å². The summed E-state index contributed by atoms with van der Waals surface area (Å²) in [4.78, 5) is 34.2. The molecule has 42 heavy (non-hydrogen) atoms. The second-order valence-corrected chi connectivity index (χ2v) is 11.6. The minimum Gasteiger partial charge on any atom is -0.381 e. The molecule has 2 fully saturated rings. The standard InChI is InChI=1S/C30H28FN7O3S/c1-36(30-35-26(24(14-32)42-30)18-2-4-20(31)5-3-18)28-21-16-41-17-23(21)33-22-6-7-25(34-27(22)28)37-9-11-38(12-10-37)29(39)19-8-13-40-15-19/h2-7,19H,8-13,15-17H2,1H3/t19-/m1/s1. The van der Waals surface area contributed by atoms with E-state index in [1.807, 2.05) is 29.0 Å². The Labute approximate surface area is 245 Å². The van der Waals surface area contributed by atoms with Crippen LogP contribution in [0.5, 0.6) is 0 Å². The van der Waals surface area contributed by atoms with Crippen molar-refractivity contribution in [2.75, 3.05) is 56.2 Å². The number of thiazole rings is 1. The molecule has 3 aliphatic heterocycles. The fourth-order valence-electron chi connectivity index (χ4n) is 5.83. The van der Waals surface area contributed by atoms with E-state index in [2.05, 4.69) is 11.0 Å². The Hall–Kier alpha value is -4.18. The first-order valence-electron chi connectivity index (χ1n) is 13.9. The number of piperazine rings is 1. The number of carbonyl (C=O) groups excluding carboxylic acids is 1. The molecule has 10 nitrogen and oxygen atoms in total. The molecule has 1 atom stereocenters. The summed E-state index contributed by atoms with van der Waals surface area (Å²) >= 11 is 1.28. The van der Waals surface area contributed by atoms with Crippen molar-refractivity contribution in [2.24, 2.45) is 5.92 Å². The molecule has 2 saturated heterocycles. The second-order valence-electron chi connectivity index (χ2n) is 10.6. The SMILES string of the molecule is CN(c1nc(-c2ccc(F)cc2)c(C#N)s1)c1c2c(nc3ccc(N4CCN(C(=O)[C@@H]5CCOC5)CC4)nc13)COC2. The van der Waals surface area contributed by atoms with E-state index in [1.165, 1.54) is 23.5 Å². The third-order valence-corrected chi connectivity index (χ3v) is 9.15. The molecule has 12 heteroatoms. The Morgan fingerprint density at radius 1 is 1.07 bits per heavy atom. The van der Waals surface area contributed by atoms with Crippen LogP contribution >= 0.6 is 11.3 Å². The predicted molar refractivity (Wildman–Crippen MR) is 156 cm³/mol. The number of amides is 1. The maximum absolute atomic E-state index is 13.6. The summed E-state index contributed by atoms with van der Waals surface area (Å²) in [6, 6.07) is 12.2. The summed E-state index contributed by atoms with van der Waals surface area (Å²) < 4.78 is 24.8. The summed E-state index contributed by atoms with van der Waals surface area (Å²) in [5.41, 5.74) is 5.30. The van der Waals surface area contributed by atoms with E-state index in [1.54, 1.807) is 12.1 Å². The van der Waals surface area contributed by atoms with Gasteiger partial charge >= 0.3 is 0 Å². The molecule has 0 spiro atoms. The lowest BCUT2D eigenvalue weighted by atomic mass is 10.1. The maximum Gasteiger partial charge on any atom is 0.228 e. The quantitative estimate of drug-likeness (QED) is 0.340. The van der Waals surface area contributed by atoms with E-state index in [0.29, 0.717) is 73.9 Å². The number of carbonyl (C=O) groups is 1. The highest BCUT2D eigenvalue weighted by Gasteiger charge is 2.31. The number of pyridine rings is 2. The normalized spacial score (nSPS) is 18.4. The van der Waals surface area contributed by atoms with Crippen LogP contribution in [-0.2, 0) is 27.5 Å². The zero-order valence-corrected chi connectivity index (χ0v) is 23.9. The summed E-state index contributed by atoms with van der Waals surface area (Å²) in [6.45, 7) is 4.63. The molecule has 1 aromatic carbocycles. The lowest BCUT2D eigenvalue weighted by molar-refractivity contribution is -0.135. The van der Waals surface area contributed by atoms with Gasteiger partial charge in [-0.25, -0.2) is 19.3 Å². The fraction of sp³-hybridized carbons (Fsp3) is 0.367. The summed E-state index contributed by atoms with van der Waals surface area (Å²) in [7, 11) is 1.91. The third kappa shape index (κ3) is 4.73. The highest BCUT2D eigenvalue weighted by molar-refractivity contribution is 7.16. The first-order valence-corrected chi connectivity index (χ1v) is 14.7. The van der Waals surface area contributed by atoms with E-state index >= 15 is 0 Å². The molecule has 214 valence electrons. The number of nitriles is 1. The lowest BCUT2D eigenvalue weighted by Crippen LogP contribution is -2.50. The van der Waals surface area contributed by atoms with Crippen molar-refractivity contribution in [3.8, 4) is 17.3 Å². The number of ether oxygens (including phenoxy) is 2. The van der Waals surface area contributed by atoms with E-state index in [0.717, 1.165) is 40.2 Å². The van der Waals surface area contributed by atoms with E-state index in [4.69, 9.17) is 24.4 Å². The van der Waals surface area contributed by atoms with Gasteiger partial charge in [-0.1, -0.05) is 11.3 Å². The molecule has 0 aliphatic carbocycles. The topological polar surface area (TPSA) is 108 Å². The van der Waals surface area contributed by atoms with E-state index in [-0.39, 0.29) is 17.6 Å². The average Bonchev–Trinajstić information content (AvgIpc) is 3.81. The van der Waals surface area contributed by atoms with Gasteiger partial charge in [-0.15, -0.1) is 0 Å². The predicted octanol–water partition coefficient (Wildman–Crippen LogP) is 4.25. The smallest absolute Gasteiger partial charge is 0.228 e. The van der Waals surface area contributed by atoms with Crippen molar-refractivity contribution in [1.29, 1.82) is 5.26 Å². The van der Waals surface area contributed by atoms with Crippen LogP contribution in [0.3, 0.4) is 0 Å². The molecule has 7 rings (SSSR count). The van der Waals surface area contributed by atoms with Crippen molar-refractivity contribution < 1.29 is 18.7 Å². The minimum atomic E-state index is -0.345. The first-order chi connectivity index (χ1) is 20.5. The zero-order chi connectivity index (χ0) is 28.8. The first kappa shape index (κ1) is 26.7. The third-order valence-electron chi connectivity index (χ3n) is 8.11. The van der Waals surface area contributed by atoms with Crippen LogP contribution in [-0.4, -0.2) is 72.2 Å². The van der Waals surface area contributed by atoms with Gasteiger partial charge < -0.3 is 24.2 Å². The van der Waals surface area contributed by atoms with Crippen molar-refractivity contribution in [3.63, 3.8) is 0 Å². The number of benzene rings is 1.